The summed E-state index contributed by atoms with van der Waals surface area (Å²) in [6, 6.07) is -0.697. The van der Waals surface area contributed by atoms with Crippen LogP contribution in [0.15, 0.2) is 12.5 Å². The number of aryl methyl sites for hydroxylation is 1. The van der Waals surface area contributed by atoms with Crippen molar-refractivity contribution in [1.29, 1.82) is 0 Å². The SMILES string of the molecule is CCn1cncc1C(NCCN(C)C)C(=O)O. The number of carboxylic acids is 1. The van der Waals surface area contributed by atoms with Gasteiger partial charge in [-0.05, 0) is 21.0 Å². The minimum atomic E-state index is -0.876. The third-order valence-corrected chi connectivity index (χ3v) is 2.54. The zero-order chi connectivity index (χ0) is 12.8. The highest BCUT2D eigenvalue weighted by Gasteiger charge is 2.22. The van der Waals surface area contributed by atoms with Crippen molar-refractivity contribution in [2.45, 2.75) is 19.5 Å². The van der Waals surface area contributed by atoms with Gasteiger partial charge in [0.25, 0.3) is 0 Å². The summed E-state index contributed by atoms with van der Waals surface area (Å²) in [5.74, 6) is -0.876. The van der Waals surface area contributed by atoms with Crippen molar-refractivity contribution < 1.29 is 9.90 Å². The Morgan fingerprint density at radius 2 is 2.35 bits per heavy atom. The molecule has 0 saturated carbocycles. The number of aromatic nitrogens is 2. The van der Waals surface area contributed by atoms with Gasteiger partial charge in [0, 0.05) is 19.6 Å². The molecule has 1 aromatic heterocycles. The summed E-state index contributed by atoms with van der Waals surface area (Å²) < 4.78 is 1.83. The number of nitrogens with one attached hydrogen (secondary N) is 1. The molecule has 0 radical (unpaired) electrons. The normalized spacial score (nSPS) is 12.9. The number of nitrogens with zero attached hydrogens (tertiary/aromatic N) is 3. The number of likely N-dealkylation sites (N-methyl/N-ethyl adjacent to an activating group) is 1. The third-order valence-electron chi connectivity index (χ3n) is 2.54. The first-order valence-corrected chi connectivity index (χ1v) is 5.67. The van der Waals surface area contributed by atoms with Gasteiger partial charge in [0.1, 0.15) is 6.04 Å². The number of carboxylic acid groups (broad SMARTS) is 1. The van der Waals surface area contributed by atoms with Gasteiger partial charge in [-0.2, -0.15) is 0 Å². The topological polar surface area (TPSA) is 70.4 Å². The zero-order valence-corrected chi connectivity index (χ0v) is 10.6. The molecule has 0 amide bonds. The predicted octanol–water partition coefficient (Wildman–Crippen LogP) is 0.180. The minimum absolute atomic E-state index is 0.624. The van der Waals surface area contributed by atoms with Crippen LogP contribution < -0.4 is 5.32 Å². The van der Waals surface area contributed by atoms with E-state index in [1.54, 1.807) is 12.5 Å². The molecule has 0 saturated heterocycles. The van der Waals surface area contributed by atoms with Crippen LogP contribution in [0.4, 0.5) is 0 Å². The Balaban J connectivity index is 2.69. The number of carbonyl (C=O) groups is 1. The number of hydrogen-bond acceptors (Lipinski definition) is 4. The van der Waals surface area contributed by atoms with Gasteiger partial charge in [0.2, 0.25) is 0 Å². The average Bonchev–Trinajstić information content (AvgIpc) is 2.71. The zero-order valence-electron chi connectivity index (χ0n) is 10.6. The first-order chi connectivity index (χ1) is 8.06. The maximum Gasteiger partial charge on any atom is 0.326 e. The van der Waals surface area contributed by atoms with E-state index in [2.05, 4.69) is 10.3 Å². The monoisotopic (exact) mass is 240 g/mol. The number of rotatable bonds is 7. The Bertz CT molecular complexity index is 362. The highest BCUT2D eigenvalue weighted by molar-refractivity contribution is 5.74. The quantitative estimate of drug-likeness (QED) is 0.711. The van der Waals surface area contributed by atoms with Crippen LogP contribution in [0.25, 0.3) is 0 Å². The van der Waals surface area contributed by atoms with Gasteiger partial charge in [-0.1, -0.05) is 0 Å². The molecule has 1 atom stereocenters. The van der Waals surface area contributed by atoms with E-state index in [1.807, 2.05) is 30.5 Å². The molecule has 1 unspecified atom stereocenters. The first-order valence-electron chi connectivity index (χ1n) is 5.67. The van der Waals surface area contributed by atoms with Gasteiger partial charge in [0.15, 0.2) is 0 Å². The van der Waals surface area contributed by atoms with Crippen LogP contribution in [-0.2, 0) is 11.3 Å². The molecule has 0 aliphatic carbocycles. The number of hydrogen-bond donors (Lipinski definition) is 2. The van der Waals surface area contributed by atoms with Gasteiger partial charge in [-0.3, -0.25) is 10.1 Å². The lowest BCUT2D eigenvalue weighted by atomic mass is 10.2. The second-order valence-corrected chi connectivity index (χ2v) is 4.13. The Hall–Kier alpha value is -1.40. The first kappa shape index (κ1) is 13.7. The van der Waals surface area contributed by atoms with Crippen molar-refractivity contribution in [3.8, 4) is 0 Å². The molecule has 2 N–H and O–H groups in total. The van der Waals surface area contributed by atoms with Crippen molar-refractivity contribution in [3.05, 3.63) is 18.2 Å². The van der Waals surface area contributed by atoms with Gasteiger partial charge in [-0.25, -0.2) is 4.98 Å². The van der Waals surface area contributed by atoms with Crippen LogP contribution in [0.3, 0.4) is 0 Å². The van der Waals surface area contributed by atoms with Gasteiger partial charge >= 0.3 is 5.97 Å². The Morgan fingerprint density at radius 1 is 1.65 bits per heavy atom. The minimum Gasteiger partial charge on any atom is -0.480 e. The van der Waals surface area contributed by atoms with Crippen LogP contribution >= 0.6 is 0 Å². The molecule has 17 heavy (non-hydrogen) atoms. The average molecular weight is 240 g/mol. The molecule has 96 valence electrons. The fourth-order valence-electron chi connectivity index (χ4n) is 1.59. The lowest BCUT2D eigenvalue weighted by Crippen LogP contribution is -2.35. The summed E-state index contributed by atoms with van der Waals surface area (Å²) in [4.78, 5) is 17.2. The summed E-state index contributed by atoms with van der Waals surface area (Å²) in [5, 5.41) is 12.2. The molecular weight excluding hydrogens is 220 g/mol. The molecule has 6 nitrogen and oxygen atoms in total. The van der Waals surface area contributed by atoms with E-state index in [0.29, 0.717) is 18.8 Å². The smallest absolute Gasteiger partial charge is 0.326 e. The molecule has 1 rings (SSSR count). The van der Waals surface area contributed by atoms with Crippen LogP contribution in [-0.4, -0.2) is 52.7 Å². The molecule has 0 aliphatic rings. The van der Waals surface area contributed by atoms with Gasteiger partial charge in [0.05, 0.1) is 18.2 Å². The van der Waals surface area contributed by atoms with Gasteiger partial charge < -0.3 is 14.6 Å². The molecule has 0 aromatic carbocycles. The Kier molecular flexibility index (Phi) is 5.11. The lowest BCUT2D eigenvalue weighted by molar-refractivity contribution is -0.139. The molecule has 0 spiro atoms. The highest BCUT2D eigenvalue weighted by atomic mass is 16.4. The van der Waals surface area contributed by atoms with Crippen molar-refractivity contribution in [1.82, 2.24) is 19.8 Å². The van der Waals surface area contributed by atoms with Crippen LogP contribution in [0.5, 0.6) is 0 Å². The van der Waals surface area contributed by atoms with Crippen molar-refractivity contribution >= 4 is 5.97 Å². The summed E-state index contributed by atoms with van der Waals surface area (Å²) in [7, 11) is 3.90. The van der Waals surface area contributed by atoms with Crippen LogP contribution in [0, 0.1) is 0 Å². The molecule has 1 aromatic rings. The summed E-state index contributed by atoms with van der Waals surface area (Å²) >= 11 is 0. The van der Waals surface area contributed by atoms with E-state index in [9.17, 15) is 9.90 Å². The summed E-state index contributed by atoms with van der Waals surface area (Å²) in [5.41, 5.74) is 0.693. The third kappa shape index (κ3) is 3.83. The number of aliphatic carboxylic acids is 1. The van der Waals surface area contributed by atoms with E-state index >= 15 is 0 Å². The van der Waals surface area contributed by atoms with Gasteiger partial charge in [-0.15, -0.1) is 0 Å². The summed E-state index contributed by atoms with van der Waals surface area (Å²) in [6.07, 6.45) is 3.25. The molecule has 0 aliphatic heterocycles. The lowest BCUT2D eigenvalue weighted by Gasteiger charge is -2.17. The maximum absolute atomic E-state index is 11.2. The van der Waals surface area contributed by atoms with Crippen molar-refractivity contribution in [3.63, 3.8) is 0 Å². The standard InChI is InChI=1S/C11H20N4O2/c1-4-15-8-12-7-9(15)10(11(16)17)13-5-6-14(2)3/h7-8,10,13H,4-6H2,1-3H3,(H,16,17). The largest absolute Gasteiger partial charge is 0.480 e. The molecular formula is C11H20N4O2. The van der Waals surface area contributed by atoms with E-state index in [-0.39, 0.29) is 0 Å². The molecule has 0 fully saturated rings. The Labute approximate surface area is 101 Å². The van der Waals surface area contributed by atoms with Crippen LogP contribution in [0.1, 0.15) is 18.7 Å². The predicted molar refractivity (Wildman–Crippen MR) is 64.8 cm³/mol. The summed E-state index contributed by atoms with van der Waals surface area (Å²) in [6.45, 7) is 4.10. The highest BCUT2D eigenvalue weighted by Crippen LogP contribution is 2.12. The fraction of sp³-hybridized carbons (Fsp3) is 0.636. The molecule has 1 heterocycles. The van der Waals surface area contributed by atoms with Crippen molar-refractivity contribution in [2.75, 3.05) is 27.2 Å². The van der Waals surface area contributed by atoms with E-state index in [0.717, 1.165) is 6.54 Å². The van der Waals surface area contributed by atoms with E-state index < -0.39 is 12.0 Å². The second-order valence-electron chi connectivity index (χ2n) is 4.13. The van der Waals surface area contributed by atoms with E-state index in [1.165, 1.54) is 0 Å². The molecule has 0 bridgehead atoms. The van der Waals surface area contributed by atoms with Crippen LogP contribution in [0.2, 0.25) is 0 Å². The Morgan fingerprint density at radius 3 is 2.88 bits per heavy atom. The number of imidazole rings is 1. The van der Waals surface area contributed by atoms with Crippen molar-refractivity contribution in [2.24, 2.45) is 0 Å². The second kappa shape index (κ2) is 6.36. The fourth-order valence-corrected chi connectivity index (χ4v) is 1.59. The molecule has 6 heteroatoms. The van der Waals surface area contributed by atoms with E-state index in [4.69, 9.17) is 0 Å². The maximum atomic E-state index is 11.2.